The number of methoxy groups -OCH3 is 1. The first-order valence-corrected chi connectivity index (χ1v) is 15.7. The van der Waals surface area contributed by atoms with E-state index in [0.29, 0.717) is 26.2 Å². The fraction of sp³-hybridized carbons (Fsp3) is 0.424. The molecule has 5 nitrogen and oxygen atoms in total. The summed E-state index contributed by atoms with van der Waals surface area (Å²) < 4.78 is 17.9. The van der Waals surface area contributed by atoms with Crippen LogP contribution in [0, 0.1) is 11.8 Å². The van der Waals surface area contributed by atoms with Crippen LogP contribution >= 0.6 is 0 Å². The Morgan fingerprint density at radius 3 is 1.90 bits per heavy atom. The van der Waals surface area contributed by atoms with E-state index in [9.17, 15) is 9.90 Å². The van der Waals surface area contributed by atoms with E-state index < -0.39 is 20.3 Å². The van der Waals surface area contributed by atoms with Gasteiger partial charge in [-0.1, -0.05) is 107 Å². The Morgan fingerprint density at radius 2 is 1.41 bits per heavy atom. The molecule has 39 heavy (non-hydrogen) atoms. The van der Waals surface area contributed by atoms with Crippen LogP contribution in [0.25, 0.3) is 0 Å². The van der Waals surface area contributed by atoms with Crippen molar-refractivity contribution in [1.82, 2.24) is 0 Å². The van der Waals surface area contributed by atoms with Crippen LogP contribution < -0.4 is 15.1 Å². The Balaban J connectivity index is 1.61. The lowest BCUT2D eigenvalue weighted by atomic mass is 9.90. The highest BCUT2D eigenvalue weighted by atomic mass is 28.4. The van der Waals surface area contributed by atoms with E-state index in [2.05, 4.69) is 69.3 Å². The molecular formula is C33H44O5Si. The predicted octanol–water partition coefficient (Wildman–Crippen LogP) is 5.38. The molecule has 0 aliphatic carbocycles. The SMILES string of the molecule is COc1ccc(COC[C@H](C)C(=O)[C@@H](C)[C@@H](O)CCO[Si](c2ccccc2)(c2ccccc2)C(C)(C)C)cc1. The Morgan fingerprint density at radius 1 is 0.872 bits per heavy atom. The number of rotatable bonds is 14. The molecule has 6 heteroatoms. The monoisotopic (exact) mass is 548 g/mol. The average molecular weight is 549 g/mol. The fourth-order valence-electron chi connectivity index (χ4n) is 5.14. The first-order chi connectivity index (χ1) is 18.6. The molecule has 210 valence electrons. The number of benzene rings is 3. The molecule has 0 fully saturated rings. The summed E-state index contributed by atoms with van der Waals surface area (Å²) in [6.45, 7) is 11.5. The van der Waals surface area contributed by atoms with Crippen molar-refractivity contribution < 1.29 is 23.8 Å². The van der Waals surface area contributed by atoms with Gasteiger partial charge in [-0.05, 0) is 39.5 Å². The molecule has 3 aromatic carbocycles. The van der Waals surface area contributed by atoms with Gasteiger partial charge in [0.15, 0.2) is 0 Å². The second-order valence-electron chi connectivity index (χ2n) is 11.3. The van der Waals surface area contributed by atoms with Crippen molar-refractivity contribution >= 4 is 24.5 Å². The minimum absolute atomic E-state index is 0.00248. The van der Waals surface area contributed by atoms with Crippen LogP contribution in [-0.4, -0.2) is 45.6 Å². The van der Waals surface area contributed by atoms with Crippen molar-refractivity contribution in [2.24, 2.45) is 11.8 Å². The molecule has 0 spiro atoms. The highest BCUT2D eigenvalue weighted by molar-refractivity contribution is 6.99. The highest BCUT2D eigenvalue weighted by Gasteiger charge is 2.50. The molecule has 0 aromatic heterocycles. The number of ether oxygens (including phenoxy) is 2. The van der Waals surface area contributed by atoms with Gasteiger partial charge in [-0.15, -0.1) is 0 Å². The molecule has 0 unspecified atom stereocenters. The molecule has 0 bridgehead atoms. The molecule has 0 saturated carbocycles. The first kappa shape index (κ1) is 30.8. The summed E-state index contributed by atoms with van der Waals surface area (Å²) in [5.41, 5.74) is 1.02. The van der Waals surface area contributed by atoms with E-state index >= 15 is 0 Å². The Labute approximate surface area is 235 Å². The number of ketones is 1. The third-order valence-electron chi connectivity index (χ3n) is 7.46. The molecule has 0 radical (unpaired) electrons. The van der Waals surface area contributed by atoms with Crippen molar-refractivity contribution in [3.05, 3.63) is 90.5 Å². The summed E-state index contributed by atoms with van der Waals surface area (Å²) in [6, 6.07) is 28.6. The smallest absolute Gasteiger partial charge is 0.261 e. The van der Waals surface area contributed by atoms with Gasteiger partial charge in [0.05, 0.1) is 26.4 Å². The number of Topliss-reactive ketones (excluding diaryl/α,β-unsaturated/α-hetero) is 1. The van der Waals surface area contributed by atoms with Crippen LogP contribution in [0.3, 0.4) is 0 Å². The number of carbonyl (C=O) groups excluding carboxylic acids is 1. The predicted molar refractivity (Wildman–Crippen MR) is 160 cm³/mol. The molecular weight excluding hydrogens is 504 g/mol. The van der Waals surface area contributed by atoms with Gasteiger partial charge in [0.2, 0.25) is 0 Å². The Hall–Kier alpha value is -2.77. The topological polar surface area (TPSA) is 65.0 Å². The first-order valence-electron chi connectivity index (χ1n) is 13.8. The zero-order chi connectivity index (χ0) is 28.5. The quantitative estimate of drug-likeness (QED) is 0.274. The zero-order valence-corrected chi connectivity index (χ0v) is 25.2. The van der Waals surface area contributed by atoms with E-state index in [4.69, 9.17) is 13.9 Å². The van der Waals surface area contributed by atoms with Crippen molar-refractivity contribution in [3.63, 3.8) is 0 Å². The van der Waals surface area contributed by atoms with Crippen LogP contribution in [-0.2, 0) is 20.6 Å². The van der Waals surface area contributed by atoms with E-state index in [-0.39, 0.29) is 16.7 Å². The standard InChI is InChI=1S/C33H44O5Si/c1-25(23-37-24-27-17-19-28(36-6)20-18-27)32(35)26(2)31(34)21-22-38-39(33(3,4)5,29-13-9-7-10-14-29)30-15-11-8-12-16-30/h7-20,25-26,31,34H,21-24H2,1-6H3/t25-,26-,31-/m0/s1. The van der Waals surface area contributed by atoms with Gasteiger partial charge < -0.3 is 19.0 Å². The van der Waals surface area contributed by atoms with E-state index in [1.165, 1.54) is 10.4 Å². The lowest BCUT2D eigenvalue weighted by molar-refractivity contribution is -0.131. The van der Waals surface area contributed by atoms with Gasteiger partial charge in [0.25, 0.3) is 8.32 Å². The Kier molecular flexibility index (Phi) is 11.1. The second kappa shape index (κ2) is 14.0. The lowest BCUT2D eigenvalue weighted by Gasteiger charge is -2.43. The molecule has 0 heterocycles. The van der Waals surface area contributed by atoms with E-state index in [1.807, 2.05) is 43.3 Å². The minimum Gasteiger partial charge on any atom is -0.497 e. The molecule has 0 saturated heterocycles. The van der Waals surface area contributed by atoms with E-state index in [0.717, 1.165) is 11.3 Å². The summed E-state index contributed by atoms with van der Waals surface area (Å²) in [6.07, 6.45) is -0.406. The fourth-order valence-corrected chi connectivity index (χ4v) is 9.72. The van der Waals surface area contributed by atoms with E-state index in [1.54, 1.807) is 14.0 Å². The number of aliphatic hydroxyl groups is 1. The van der Waals surface area contributed by atoms with Crippen molar-refractivity contribution in [1.29, 1.82) is 0 Å². The van der Waals surface area contributed by atoms with Gasteiger partial charge in [0.1, 0.15) is 11.5 Å². The largest absolute Gasteiger partial charge is 0.497 e. The molecule has 3 atom stereocenters. The summed E-state index contributed by atoms with van der Waals surface area (Å²) in [4.78, 5) is 13.1. The number of hydrogen-bond acceptors (Lipinski definition) is 5. The second-order valence-corrected chi connectivity index (χ2v) is 15.6. The summed E-state index contributed by atoms with van der Waals surface area (Å²) in [5, 5.41) is 13.2. The van der Waals surface area contributed by atoms with Crippen molar-refractivity contribution in [2.75, 3.05) is 20.3 Å². The average Bonchev–Trinajstić information content (AvgIpc) is 2.95. The molecule has 0 amide bonds. The van der Waals surface area contributed by atoms with Gasteiger partial charge in [-0.25, -0.2) is 0 Å². The lowest BCUT2D eigenvalue weighted by Crippen LogP contribution is -2.66. The van der Waals surface area contributed by atoms with Crippen LogP contribution in [0.1, 0.15) is 46.6 Å². The van der Waals surface area contributed by atoms with Gasteiger partial charge in [-0.3, -0.25) is 4.79 Å². The van der Waals surface area contributed by atoms with Gasteiger partial charge >= 0.3 is 0 Å². The molecule has 3 aromatic rings. The molecule has 0 aliphatic rings. The van der Waals surface area contributed by atoms with Crippen LogP contribution in [0.15, 0.2) is 84.9 Å². The highest BCUT2D eigenvalue weighted by Crippen LogP contribution is 2.37. The number of hydrogen-bond donors (Lipinski definition) is 1. The molecule has 3 rings (SSSR count). The number of aliphatic hydroxyl groups excluding tert-OH is 1. The maximum atomic E-state index is 13.1. The van der Waals surface area contributed by atoms with Gasteiger partial charge in [-0.2, -0.15) is 0 Å². The normalized spacial score (nSPS) is 14.4. The summed E-state index contributed by atoms with van der Waals surface area (Å²) in [5.74, 6) is -0.0236. The maximum absolute atomic E-state index is 13.1. The van der Waals surface area contributed by atoms with Crippen LogP contribution in [0.5, 0.6) is 5.75 Å². The summed E-state index contributed by atoms with van der Waals surface area (Å²) in [7, 11) is -1.04. The van der Waals surface area contributed by atoms with Crippen molar-refractivity contribution in [3.8, 4) is 5.75 Å². The van der Waals surface area contributed by atoms with Gasteiger partial charge in [0, 0.05) is 18.4 Å². The molecule has 0 aliphatic heterocycles. The molecule has 1 N–H and O–H groups in total. The maximum Gasteiger partial charge on any atom is 0.261 e. The zero-order valence-electron chi connectivity index (χ0n) is 24.2. The minimum atomic E-state index is -2.68. The summed E-state index contributed by atoms with van der Waals surface area (Å²) >= 11 is 0. The Bertz CT molecular complexity index is 1100. The third-order valence-corrected chi connectivity index (χ3v) is 12.5. The van der Waals surface area contributed by atoms with Crippen molar-refractivity contribution in [2.45, 2.75) is 58.8 Å². The number of carbonyl (C=O) groups is 1. The third kappa shape index (κ3) is 7.67. The van der Waals surface area contributed by atoms with Crippen LogP contribution in [0.4, 0.5) is 0 Å². The van der Waals surface area contributed by atoms with Crippen LogP contribution in [0.2, 0.25) is 5.04 Å².